The van der Waals surface area contributed by atoms with E-state index in [1.54, 1.807) is 4.68 Å². The molecule has 4 aromatic rings. The number of urea groups is 1. The molecule has 2 aliphatic heterocycles. The Labute approximate surface area is 265 Å². The number of ether oxygens (including phenoxy) is 1. The second-order valence-corrected chi connectivity index (χ2v) is 13.5. The molecule has 6 rings (SSSR count). The summed E-state index contributed by atoms with van der Waals surface area (Å²) in [7, 11) is 0. The Morgan fingerprint density at radius 3 is 2.20 bits per heavy atom. The number of piperidine rings is 1. The van der Waals surface area contributed by atoms with Gasteiger partial charge >= 0.3 is 6.03 Å². The highest BCUT2D eigenvalue weighted by molar-refractivity contribution is 5.99. The molecule has 8 nitrogen and oxygen atoms in total. The van der Waals surface area contributed by atoms with Crippen LogP contribution in [0.3, 0.4) is 0 Å². The lowest BCUT2D eigenvalue weighted by molar-refractivity contribution is -0.138. The van der Waals surface area contributed by atoms with Gasteiger partial charge in [0.15, 0.2) is 6.61 Å². The van der Waals surface area contributed by atoms with Crippen molar-refractivity contribution in [2.24, 2.45) is 5.92 Å². The van der Waals surface area contributed by atoms with Gasteiger partial charge in [-0.1, -0.05) is 68.8 Å². The quantitative estimate of drug-likeness (QED) is 0.218. The molecule has 2 unspecified atom stereocenters. The van der Waals surface area contributed by atoms with Crippen molar-refractivity contribution >= 4 is 23.4 Å². The number of carbonyl (C=O) groups is 2. The van der Waals surface area contributed by atoms with Crippen LogP contribution in [0.15, 0.2) is 84.9 Å². The smallest absolute Gasteiger partial charge is 0.324 e. The van der Waals surface area contributed by atoms with Crippen LogP contribution in [-0.2, 0) is 16.6 Å². The number of aromatic nitrogens is 2. The van der Waals surface area contributed by atoms with Gasteiger partial charge in [-0.2, -0.15) is 5.10 Å². The van der Waals surface area contributed by atoms with Crippen LogP contribution < -0.4 is 15.4 Å². The molecule has 0 aliphatic carbocycles. The summed E-state index contributed by atoms with van der Waals surface area (Å²) < 4.78 is 7.54. The third-order valence-electron chi connectivity index (χ3n) is 8.96. The summed E-state index contributed by atoms with van der Waals surface area (Å²) in [5.41, 5.74) is 4.75. The second-order valence-electron chi connectivity index (χ2n) is 13.5. The zero-order chi connectivity index (χ0) is 31.6. The molecule has 45 heavy (non-hydrogen) atoms. The number of hydrogen-bond donors (Lipinski definition) is 2. The molecule has 8 heteroatoms. The van der Waals surface area contributed by atoms with Gasteiger partial charge in [0.2, 0.25) is 0 Å². The van der Waals surface area contributed by atoms with Crippen LogP contribution in [0.2, 0.25) is 0 Å². The van der Waals surface area contributed by atoms with Gasteiger partial charge in [-0.05, 0) is 86.9 Å². The predicted molar refractivity (Wildman–Crippen MR) is 178 cm³/mol. The summed E-state index contributed by atoms with van der Waals surface area (Å²) in [6, 6.07) is 27.9. The van der Waals surface area contributed by atoms with Crippen molar-refractivity contribution in [3.05, 3.63) is 102 Å². The fourth-order valence-electron chi connectivity index (χ4n) is 6.66. The van der Waals surface area contributed by atoms with Crippen molar-refractivity contribution in [2.45, 2.75) is 77.3 Å². The van der Waals surface area contributed by atoms with E-state index in [1.807, 2.05) is 79.7 Å². The Kier molecular flexibility index (Phi) is 8.65. The third-order valence-corrected chi connectivity index (χ3v) is 8.96. The fraction of sp³-hybridized carbons (Fsp3) is 0.378. The minimum atomic E-state index is -0.318. The number of amides is 3. The number of hydrogen-bond acceptors (Lipinski definition) is 4. The van der Waals surface area contributed by atoms with E-state index < -0.39 is 0 Å². The number of fused-ring (bicyclic) bond motifs is 2. The van der Waals surface area contributed by atoms with E-state index in [4.69, 9.17) is 9.84 Å². The first-order valence-electron chi connectivity index (χ1n) is 16.0. The molecule has 234 valence electrons. The molecule has 2 bridgehead atoms. The van der Waals surface area contributed by atoms with E-state index in [2.05, 4.69) is 48.4 Å². The first-order valence-corrected chi connectivity index (χ1v) is 16.0. The van der Waals surface area contributed by atoms with Crippen molar-refractivity contribution in [3.8, 4) is 11.4 Å². The van der Waals surface area contributed by atoms with Gasteiger partial charge < -0.3 is 15.0 Å². The third kappa shape index (κ3) is 7.22. The largest absolute Gasteiger partial charge is 0.484 e. The maximum absolute atomic E-state index is 13.1. The maximum Gasteiger partial charge on any atom is 0.324 e. The zero-order valence-electron chi connectivity index (χ0n) is 26.6. The highest BCUT2D eigenvalue weighted by atomic mass is 16.5. The van der Waals surface area contributed by atoms with Crippen LogP contribution in [0.25, 0.3) is 5.69 Å². The summed E-state index contributed by atoms with van der Waals surface area (Å²) in [5, 5.41) is 10.8. The molecule has 0 saturated carbocycles. The Hall–Kier alpha value is -4.59. The number of nitrogens with zero attached hydrogens (tertiary/aromatic N) is 3. The average Bonchev–Trinajstić information content (AvgIpc) is 3.56. The molecule has 3 amide bonds. The summed E-state index contributed by atoms with van der Waals surface area (Å²) >= 11 is 0. The van der Waals surface area contributed by atoms with E-state index in [-0.39, 0.29) is 36.0 Å². The van der Waals surface area contributed by atoms with Crippen molar-refractivity contribution in [1.82, 2.24) is 14.7 Å². The number of aryl methyl sites for hydroxylation is 1. The molecule has 2 N–H and O–H groups in total. The SMILES string of the molecule is Cc1ccc(-n2nc(C(C)(C)C)cc2NC(=O)Nc2ccc(CC3CC4CCC(C3)N4C(=O)COc3ccccc3)cc2)cc1. The highest BCUT2D eigenvalue weighted by Crippen LogP contribution is 2.40. The maximum atomic E-state index is 13.1. The van der Waals surface area contributed by atoms with Gasteiger partial charge in [0.05, 0.1) is 11.4 Å². The monoisotopic (exact) mass is 605 g/mol. The van der Waals surface area contributed by atoms with Gasteiger partial charge in [-0.3, -0.25) is 10.1 Å². The van der Waals surface area contributed by atoms with Crippen molar-refractivity contribution < 1.29 is 14.3 Å². The standard InChI is InChI=1S/C37H43N5O3/c1-25-10-16-29(17-11-25)42-34(23-33(40-42)37(2,3)4)39-36(44)38-28-14-12-26(13-15-28)20-27-21-30-18-19-31(22-27)41(30)35(43)24-45-32-8-6-5-7-9-32/h5-17,23,27,30-31H,18-22,24H2,1-4H3,(H2,38,39,44). The molecule has 0 spiro atoms. The van der Waals surface area contributed by atoms with Crippen LogP contribution >= 0.6 is 0 Å². The summed E-state index contributed by atoms with van der Waals surface area (Å²) in [6.07, 6.45) is 5.13. The number of nitrogens with one attached hydrogen (secondary N) is 2. The number of carbonyl (C=O) groups excluding carboxylic acids is 2. The van der Waals surface area contributed by atoms with Crippen molar-refractivity contribution in [1.29, 1.82) is 0 Å². The number of anilines is 2. The van der Waals surface area contributed by atoms with E-state index in [1.165, 1.54) is 5.56 Å². The molecule has 2 aliphatic rings. The van der Waals surface area contributed by atoms with E-state index in [0.717, 1.165) is 60.5 Å². The van der Waals surface area contributed by atoms with Gasteiger partial charge in [-0.25, -0.2) is 9.48 Å². The van der Waals surface area contributed by atoms with E-state index >= 15 is 0 Å². The lowest BCUT2D eigenvalue weighted by Crippen LogP contribution is -2.48. The molecule has 2 atom stereocenters. The molecule has 3 heterocycles. The Morgan fingerprint density at radius 2 is 1.56 bits per heavy atom. The molecule has 1 aromatic heterocycles. The lowest BCUT2D eigenvalue weighted by Gasteiger charge is -2.39. The van der Waals surface area contributed by atoms with E-state index in [0.29, 0.717) is 11.7 Å². The van der Waals surface area contributed by atoms with Gasteiger partial charge in [-0.15, -0.1) is 0 Å². The zero-order valence-corrected chi connectivity index (χ0v) is 26.6. The minimum absolute atomic E-state index is 0.0926. The Morgan fingerprint density at radius 1 is 0.889 bits per heavy atom. The predicted octanol–water partition coefficient (Wildman–Crippen LogP) is 7.51. The fourth-order valence-corrected chi connectivity index (χ4v) is 6.66. The van der Waals surface area contributed by atoms with Crippen LogP contribution in [0.4, 0.5) is 16.3 Å². The van der Waals surface area contributed by atoms with Gasteiger partial charge in [0.25, 0.3) is 5.91 Å². The number of benzene rings is 3. The Bertz CT molecular complexity index is 1610. The number of para-hydroxylation sites is 1. The summed E-state index contributed by atoms with van der Waals surface area (Å²) in [4.78, 5) is 28.2. The highest BCUT2D eigenvalue weighted by Gasteiger charge is 2.43. The Balaban J connectivity index is 1.03. The van der Waals surface area contributed by atoms with Gasteiger partial charge in [0.1, 0.15) is 11.6 Å². The van der Waals surface area contributed by atoms with Crippen molar-refractivity contribution in [2.75, 3.05) is 17.2 Å². The molecular formula is C37H43N5O3. The molecule has 3 aromatic carbocycles. The van der Waals surface area contributed by atoms with Crippen LogP contribution in [-0.4, -0.2) is 45.3 Å². The summed E-state index contributed by atoms with van der Waals surface area (Å²) in [5.74, 6) is 1.97. The van der Waals surface area contributed by atoms with Crippen LogP contribution in [0.5, 0.6) is 5.75 Å². The minimum Gasteiger partial charge on any atom is -0.484 e. The van der Waals surface area contributed by atoms with Crippen LogP contribution in [0.1, 0.15) is 63.3 Å². The van der Waals surface area contributed by atoms with Gasteiger partial charge in [0, 0.05) is 29.3 Å². The van der Waals surface area contributed by atoms with E-state index in [9.17, 15) is 9.59 Å². The number of rotatable bonds is 8. The van der Waals surface area contributed by atoms with Crippen LogP contribution in [0, 0.1) is 12.8 Å². The lowest BCUT2D eigenvalue weighted by atomic mass is 9.85. The second kappa shape index (κ2) is 12.8. The molecule has 2 saturated heterocycles. The summed E-state index contributed by atoms with van der Waals surface area (Å²) in [6.45, 7) is 8.46. The van der Waals surface area contributed by atoms with Crippen molar-refractivity contribution in [3.63, 3.8) is 0 Å². The molecular weight excluding hydrogens is 562 g/mol. The molecule has 2 fully saturated rings. The molecule has 0 radical (unpaired) electrons. The first-order chi connectivity index (χ1) is 21.6. The first kappa shape index (κ1) is 30.4. The average molecular weight is 606 g/mol. The normalized spacial score (nSPS) is 19.3. The topological polar surface area (TPSA) is 88.5 Å².